The minimum absolute atomic E-state index is 0.0319. The van der Waals surface area contributed by atoms with E-state index >= 15 is 0 Å². The molecule has 3 amide bonds. The van der Waals surface area contributed by atoms with Crippen LogP contribution in [0, 0.1) is 0 Å². The van der Waals surface area contributed by atoms with Gasteiger partial charge in [0.2, 0.25) is 5.91 Å². The molecule has 170 valence electrons. The second kappa shape index (κ2) is 11.2. The fraction of sp³-hybridized carbons (Fsp3) is 0.375. The summed E-state index contributed by atoms with van der Waals surface area (Å²) < 4.78 is 5.57. The summed E-state index contributed by atoms with van der Waals surface area (Å²) in [5, 5.41) is 15.1. The van der Waals surface area contributed by atoms with Gasteiger partial charge in [0.1, 0.15) is 17.5 Å². The minimum atomic E-state index is -0.515. The van der Waals surface area contributed by atoms with Gasteiger partial charge in [-0.1, -0.05) is 18.2 Å². The van der Waals surface area contributed by atoms with Crippen molar-refractivity contribution in [1.82, 2.24) is 15.5 Å². The number of amides is 3. The van der Waals surface area contributed by atoms with Gasteiger partial charge < -0.3 is 25.4 Å². The Balaban J connectivity index is 1.47. The molecule has 0 radical (unpaired) electrons. The standard InChI is InChI=1S/C24H29N3O5/c1-2-32-21-12-4-3-10-19(21)24(31)27-15-6-11-20(27)23(30)26-14-7-13-25-22(29)17-8-5-9-18(28)16-17/h3-5,8-10,12,16,20,28H,2,6-7,11,13-15H2,1H3,(H,25,29)(H,26,30). The molecular formula is C24H29N3O5. The summed E-state index contributed by atoms with van der Waals surface area (Å²) in [6, 6.07) is 12.7. The second-order valence-corrected chi connectivity index (χ2v) is 7.54. The molecule has 0 bridgehead atoms. The van der Waals surface area contributed by atoms with Gasteiger partial charge in [-0.2, -0.15) is 0 Å². The Morgan fingerprint density at radius 3 is 2.66 bits per heavy atom. The maximum Gasteiger partial charge on any atom is 0.258 e. The fourth-order valence-corrected chi connectivity index (χ4v) is 3.73. The number of hydrogen-bond donors (Lipinski definition) is 3. The second-order valence-electron chi connectivity index (χ2n) is 7.54. The average molecular weight is 440 g/mol. The number of carbonyl (C=O) groups excluding carboxylic acids is 3. The summed E-state index contributed by atoms with van der Waals surface area (Å²) in [4.78, 5) is 39.4. The van der Waals surface area contributed by atoms with Crippen LogP contribution in [0.15, 0.2) is 48.5 Å². The number of benzene rings is 2. The van der Waals surface area contributed by atoms with Crippen molar-refractivity contribution >= 4 is 17.7 Å². The summed E-state index contributed by atoms with van der Waals surface area (Å²) in [5.41, 5.74) is 0.838. The van der Waals surface area contributed by atoms with E-state index in [1.807, 2.05) is 13.0 Å². The van der Waals surface area contributed by atoms with Crippen molar-refractivity contribution in [3.63, 3.8) is 0 Å². The number of nitrogens with one attached hydrogen (secondary N) is 2. The number of rotatable bonds is 9. The van der Waals surface area contributed by atoms with Crippen LogP contribution in [0.2, 0.25) is 0 Å². The van der Waals surface area contributed by atoms with Crippen molar-refractivity contribution in [3.8, 4) is 11.5 Å². The van der Waals surface area contributed by atoms with E-state index in [0.717, 1.165) is 6.42 Å². The lowest BCUT2D eigenvalue weighted by Gasteiger charge is -2.25. The van der Waals surface area contributed by atoms with Crippen LogP contribution in [0.4, 0.5) is 0 Å². The van der Waals surface area contributed by atoms with Crippen molar-refractivity contribution < 1.29 is 24.2 Å². The average Bonchev–Trinajstić information content (AvgIpc) is 3.29. The van der Waals surface area contributed by atoms with E-state index in [0.29, 0.717) is 56.0 Å². The fourth-order valence-electron chi connectivity index (χ4n) is 3.73. The molecule has 3 rings (SSSR count). The molecule has 0 saturated carbocycles. The molecule has 1 saturated heterocycles. The highest BCUT2D eigenvalue weighted by Crippen LogP contribution is 2.25. The summed E-state index contributed by atoms with van der Waals surface area (Å²) in [7, 11) is 0. The van der Waals surface area contributed by atoms with Gasteiger partial charge in [0.25, 0.3) is 11.8 Å². The minimum Gasteiger partial charge on any atom is -0.508 e. The van der Waals surface area contributed by atoms with E-state index in [4.69, 9.17) is 4.74 Å². The quantitative estimate of drug-likeness (QED) is 0.520. The van der Waals surface area contributed by atoms with Crippen molar-refractivity contribution in [2.75, 3.05) is 26.2 Å². The molecule has 0 spiro atoms. The zero-order chi connectivity index (χ0) is 22.9. The van der Waals surface area contributed by atoms with E-state index in [1.54, 1.807) is 35.2 Å². The molecule has 1 aliphatic heterocycles. The Hall–Kier alpha value is -3.55. The summed E-state index contributed by atoms with van der Waals surface area (Å²) in [6.45, 7) is 3.60. The van der Waals surface area contributed by atoms with Crippen LogP contribution >= 0.6 is 0 Å². The normalized spacial score (nSPS) is 15.3. The number of likely N-dealkylation sites (tertiary alicyclic amines) is 1. The molecule has 8 nitrogen and oxygen atoms in total. The first-order valence-corrected chi connectivity index (χ1v) is 10.9. The van der Waals surface area contributed by atoms with Gasteiger partial charge in [-0.05, 0) is 56.5 Å². The van der Waals surface area contributed by atoms with Gasteiger partial charge in [0.15, 0.2) is 0 Å². The number of aromatic hydroxyl groups is 1. The first-order chi connectivity index (χ1) is 15.5. The first kappa shape index (κ1) is 23.1. The lowest BCUT2D eigenvalue weighted by atomic mass is 10.1. The van der Waals surface area contributed by atoms with Crippen LogP contribution in [0.3, 0.4) is 0 Å². The van der Waals surface area contributed by atoms with Gasteiger partial charge in [-0.3, -0.25) is 14.4 Å². The third-order valence-corrected chi connectivity index (χ3v) is 5.28. The SMILES string of the molecule is CCOc1ccccc1C(=O)N1CCCC1C(=O)NCCCNC(=O)c1cccc(O)c1. The maximum absolute atomic E-state index is 13.1. The number of phenols is 1. The van der Waals surface area contributed by atoms with E-state index in [9.17, 15) is 19.5 Å². The number of hydrogen-bond acceptors (Lipinski definition) is 5. The van der Waals surface area contributed by atoms with Gasteiger partial charge in [0, 0.05) is 25.2 Å². The molecule has 1 aliphatic rings. The van der Waals surface area contributed by atoms with Crippen molar-refractivity contribution in [2.45, 2.75) is 32.2 Å². The number of phenolic OH excluding ortho intramolecular Hbond substituents is 1. The highest BCUT2D eigenvalue weighted by molar-refractivity contribution is 6.00. The molecule has 1 unspecified atom stereocenters. The van der Waals surface area contributed by atoms with E-state index < -0.39 is 6.04 Å². The van der Waals surface area contributed by atoms with Crippen LogP contribution in [0.25, 0.3) is 0 Å². The Labute approximate surface area is 187 Å². The van der Waals surface area contributed by atoms with Crippen LogP contribution < -0.4 is 15.4 Å². The molecular weight excluding hydrogens is 410 g/mol. The maximum atomic E-state index is 13.1. The zero-order valence-electron chi connectivity index (χ0n) is 18.2. The molecule has 0 aliphatic carbocycles. The number of para-hydroxylation sites is 1. The third kappa shape index (κ3) is 5.78. The number of carbonyl (C=O) groups is 3. The smallest absolute Gasteiger partial charge is 0.258 e. The predicted octanol–water partition coefficient (Wildman–Crippen LogP) is 2.33. The van der Waals surface area contributed by atoms with Crippen LogP contribution in [0.5, 0.6) is 11.5 Å². The first-order valence-electron chi connectivity index (χ1n) is 10.9. The summed E-state index contributed by atoms with van der Waals surface area (Å²) in [5.74, 6) is -0.125. The monoisotopic (exact) mass is 439 g/mol. The van der Waals surface area contributed by atoms with Gasteiger partial charge in [-0.15, -0.1) is 0 Å². The molecule has 2 aromatic carbocycles. The van der Waals surface area contributed by atoms with Crippen molar-refractivity contribution in [3.05, 3.63) is 59.7 Å². The molecule has 1 fully saturated rings. The van der Waals surface area contributed by atoms with E-state index in [1.165, 1.54) is 12.1 Å². The van der Waals surface area contributed by atoms with E-state index in [-0.39, 0.29) is 23.5 Å². The molecule has 1 atom stereocenters. The lowest BCUT2D eigenvalue weighted by molar-refractivity contribution is -0.124. The molecule has 2 aromatic rings. The Morgan fingerprint density at radius 1 is 1.09 bits per heavy atom. The van der Waals surface area contributed by atoms with Gasteiger partial charge in [-0.25, -0.2) is 0 Å². The molecule has 0 aromatic heterocycles. The molecule has 3 N–H and O–H groups in total. The Bertz CT molecular complexity index is 962. The number of ether oxygens (including phenoxy) is 1. The van der Waals surface area contributed by atoms with Crippen molar-refractivity contribution in [2.24, 2.45) is 0 Å². The van der Waals surface area contributed by atoms with Gasteiger partial charge >= 0.3 is 0 Å². The topological polar surface area (TPSA) is 108 Å². The highest BCUT2D eigenvalue weighted by atomic mass is 16.5. The van der Waals surface area contributed by atoms with E-state index in [2.05, 4.69) is 10.6 Å². The predicted molar refractivity (Wildman–Crippen MR) is 120 cm³/mol. The Morgan fingerprint density at radius 2 is 1.88 bits per heavy atom. The molecule has 1 heterocycles. The third-order valence-electron chi connectivity index (χ3n) is 5.28. The van der Waals surface area contributed by atoms with Crippen LogP contribution in [-0.2, 0) is 4.79 Å². The molecule has 8 heteroatoms. The summed E-state index contributed by atoms with van der Waals surface area (Å²) in [6.07, 6.45) is 1.92. The van der Waals surface area contributed by atoms with Crippen LogP contribution in [0.1, 0.15) is 46.9 Å². The largest absolute Gasteiger partial charge is 0.508 e. The van der Waals surface area contributed by atoms with Crippen LogP contribution in [-0.4, -0.2) is 60.0 Å². The zero-order valence-corrected chi connectivity index (χ0v) is 18.2. The lowest BCUT2D eigenvalue weighted by Crippen LogP contribution is -2.46. The van der Waals surface area contributed by atoms with Crippen molar-refractivity contribution in [1.29, 1.82) is 0 Å². The molecule has 32 heavy (non-hydrogen) atoms. The summed E-state index contributed by atoms with van der Waals surface area (Å²) >= 11 is 0. The van der Waals surface area contributed by atoms with Gasteiger partial charge in [0.05, 0.1) is 12.2 Å². The number of nitrogens with zero attached hydrogens (tertiary/aromatic N) is 1. The Kier molecular flexibility index (Phi) is 8.08. The highest BCUT2D eigenvalue weighted by Gasteiger charge is 2.35.